The summed E-state index contributed by atoms with van der Waals surface area (Å²) in [5, 5.41) is 14.8. The molecule has 0 aliphatic carbocycles. The van der Waals surface area contributed by atoms with Crippen molar-refractivity contribution >= 4 is 5.82 Å². The first kappa shape index (κ1) is 8.61. The van der Waals surface area contributed by atoms with E-state index in [-0.39, 0.29) is 0 Å². The van der Waals surface area contributed by atoms with Crippen molar-refractivity contribution in [1.82, 2.24) is 25.0 Å². The van der Waals surface area contributed by atoms with Crippen LogP contribution in [-0.2, 0) is 13.6 Å². The van der Waals surface area contributed by atoms with Crippen molar-refractivity contribution in [1.29, 1.82) is 0 Å². The first-order valence-electron chi connectivity index (χ1n) is 4.21. The molecule has 14 heavy (non-hydrogen) atoms. The third-order valence-electron chi connectivity index (χ3n) is 1.65. The van der Waals surface area contributed by atoms with Crippen LogP contribution >= 0.6 is 0 Å². The first-order chi connectivity index (χ1) is 6.84. The van der Waals surface area contributed by atoms with Crippen LogP contribution in [0.4, 0.5) is 5.82 Å². The van der Waals surface area contributed by atoms with E-state index in [1.54, 1.807) is 17.2 Å². The lowest BCUT2D eigenvalue weighted by molar-refractivity contribution is 0.746. The largest absolute Gasteiger partial charge is 0.361 e. The molecule has 1 N–H and O–H groups in total. The Morgan fingerprint density at radius 1 is 1.50 bits per heavy atom. The third-order valence-corrected chi connectivity index (χ3v) is 1.65. The van der Waals surface area contributed by atoms with Crippen LogP contribution in [0.5, 0.6) is 0 Å². The van der Waals surface area contributed by atoms with Crippen LogP contribution in [0.25, 0.3) is 0 Å². The van der Waals surface area contributed by atoms with Gasteiger partial charge in [-0.1, -0.05) is 0 Å². The van der Waals surface area contributed by atoms with E-state index >= 15 is 0 Å². The molecule has 0 radical (unpaired) electrons. The maximum Gasteiger partial charge on any atom is 0.169 e. The van der Waals surface area contributed by atoms with Gasteiger partial charge in [-0.05, 0) is 12.1 Å². The highest BCUT2D eigenvalue weighted by Crippen LogP contribution is 1.99. The second-order valence-electron chi connectivity index (χ2n) is 2.80. The van der Waals surface area contributed by atoms with E-state index in [2.05, 4.69) is 25.6 Å². The summed E-state index contributed by atoms with van der Waals surface area (Å²) in [7, 11) is 1.83. The summed E-state index contributed by atoms with van der Waals surface area (Å²) >= 11 is 0. The molecule has 6 heteroatoms. The first-order valence-corrected chi connectivity index (χ1v) is 4.21. The Balaban J connectivity index is 1.95. The molecule has 0 aliphatic heterocycles. The van der Waals surface area contributed by atoms with E-state index in [9.17, 15) is 0 Å². The SMILES string of the molecule is Cn1cnc(CNc2cccnn2)n1. The van der Waals surface area contributed by atoms with Gasteiger partial charge in [0.15, 0.2) is 5.82 Å². The molecular weight excluding hydrogens is 180 g/mol. The summed E-state index contributed by atoms with van der Waals surface area (Å²) in [6.45, 7) is 0.555. The van der Waals surface area contributed by atoms with Gasteiger partial charge in [0.2, 0.25) is 0 Å². The maximum absolute atomic E-state index is 4.12. The average molecular weight is 190 g/mol. The highest BCUT2D eigenvalue weighted by atomic mass is 15.3. The fourth-order valence-electron chi connectivity index (χ4n) is 1.03. The maximum atomic E-state index is 4.12. The zero-order valence-corrected chi connectivity index (χ0v) is 7.75. The minimum Gasteiger partial charge on any atom is -0.361 e. The van der Waals surface area contributed by atoms with Crippen LogP contribution in [0.1, 0.15) is 5.82 Å². The van der Waals surface area contributed by atoms with E-state index < -0.39 is 0 Å². The molecule has 6 nitrogen and oxygen atoms in total. The number of nitrogens with one attached hydrogen (secondary N) is 1. The number of aromatic nitrogens is 5. The molecule has 2 aromatic rings. The summed E-state index contributed by atoms with van der Waals surface area (Å²) in [6, 6.07) is 3.66. The van der Waals surface area contributed by atoms with Crippen molar-refractivity contribution < 1.29 is 0 Å². The molecular formula is C8H10N6. The predicted octanol–water partition coefficient (Wildman–Crippen LogP) is 0.217. The highest BCUT2D eigenvalue weighted by molar-refractivity contribution is 5.31. The fraction of sp³-hybridized carbons (Fsp3) is 0.250. The number of hydrogen-bond acceptors (Lipinski definition) is 5. The second-order valence-corrected chi connectivity index (χ2v) is 2.80. The molecule has 0 atom stereocenters. The van der Waals surface area contributed by atoms with Crippen molar-refractivity contribution in [3.05, 3.63) is 30.5 Å². The summed E-state index contributed by atoms with van der Waals surface area (Å²) in [6.07, 6.45) is 3.29. The van der Waals surface area contributed by atoms with Crippen LogP contribution in [0.3, 0.4) is 0 Å². The second kappa shape index (κ2) is 3.82. The van der Waals surface area contributed by atoms with E-state index in [0.717, 1.165) is 11.6 Å². The van der Waals surface area contributed by atoms with Gasteiger partial charge in [-0.2, -0.15) is 10.2 Å². The molecule has 0 spiro atoms. The summed E-state index contributed by atoms with van der Waals surface area (Å²) in [4.78, 5) is 4.07. The molecule has 0 saturated carbocycles. The van der Waals surface area contributed by atoms with Gasteiger partial charge < -0.3 is 5.32 Å². The highest BCUT2D eigenvalue weighted by Gasteiger charge is 1.98. The van der Waals surface area contributed by atoms with Crippen molar-refractivity contribution in [2.24, 2.45) is 7.05 Å². The summed E-state index contributed by atoms with van der Waals surface area (Å²) in [5.74, 6) is 1.46. The standard InChI is InChI=1S/C8H10N6/c1-14-6-10-8(13-14)5-9-7-3-2-4-11-12-7/h2-4,6H,5H2,1H3,(H,9,12). The average Bonchev–Trinajstić information content (AvgIpc) is 2.63. The minimum atomic E-state index is 0.555. The number of rotatable bonds is 3. The zero-order valence-electron chi connectivity index (χ0n) is 7.75. The quantitative estimate of drug-likeness (QED) is 0.749. The van der Waals surface area contributed by atoms with E-state index in [4.69, 9.17) is 0 Å². The van der Waals surface area contributed by atoms with E-state index in [1.807, 2.05) is 19.2 Å². The van der Waals surface area contributed by atoms with E-state index in [1.165, 1.54) is 0 Å². The predicted molar refractivity (Wildman–Crippen MR) is 50.4 cm³/mol. The van der Waals surface area contributed by atoms with Crippen LogP contribution in [0, 0.1) is 0 Å². The monoisotopic (exact) mass is 190 g/mol. The molecule has 2 heterocycles. The van der Waals surface area contributed by atoms with Gasteiger partial charge in [-0.15, -0.1) is 5.10 Å². The molecule has 0 aromatic carbocycles. The molecule has 0 bridgehead atoms. The summed E-state index contributed by atoms with van der Waals surface area (Å²) < 4.78 is 1.66. The molecule has 0 unspecified atom stereocenters. The van der Waals surface area contributed by atoms with Gasteiger partial charge in [0.05, 0.1) is 6.54 Å². The number of aryl methyl sites for hydroxylation is 1. The van der Waals surface area contributed by atoms with Crippen molar-refractivity contribution in [2.75, 3.05) is 5.32 Å². The number of hydrogen-bond donors (Lipinski definition) is 1. The van der Waals surface area contributed by atoms with Gasteiger partial charge in [0.1, 0.15) is 12.1 Å². The normalized spacial score (nSPS) is 10.1. The van der Waals surface area contributed by atoms with Crippen LogP contribution in [0.2, 0.25) is 0 Å². The van der Waals surface area contributed by atoms with Gasteiger partial charge in [0, 0.05) is 13.2 Å². The fourth-order valence-corrected chi connectivity index (χ4v) is 1.03. The summed E-state index contributed by atoms with van der Waals surface area (Å²) in [5.41, 5.74) is 0. The smallest absolute Gasteiger partial charge is 0.169 e. The number of anilines is 1. The molecule has 72 valence electrons. The molecule has 0 amide bonds. The lowest BCUT2D eigenvalue weighted by Gasteiger charge is -1.99. The van der Waals surface area contributed by atoms with Crippen LogP contribution < -0.4 is 5.32 Å². The van der Waals surface area contributed by atoms with Gasteiger partial charge in [0.25, 0.3) is 0 Å². The topological polar surface area (TPSA) is 68.5 Å². The molecule has 0 fully saturated rings. The Labute approximate surface area is 81.0 Å². The Bertz CT molecular complexity index is 395. The van der Waals surface area contributed by atoms with Crippen molar-refractivity contribution in [2.45, 2.75) is 6.54 Å². The van der Waals surface area contributed by atoms with Crippen molar-refractivity contribution in [3.63, 3.8) is 0 Å². The molecule has 2 rings (SSSR count). The number of nitrogens with zero attached hydrogens (tertiary/aromatic N) is 5. The lowest BCUT2D eigenvalue weighted by Crippen LogP contribution is -2.04. The van der Waals surface area contributed by atoms with Crippen LogP contribution in [-0.4, -0.2) is 25.0 Å². The van der Waals surface area contributed by atoms with Gasteiger partial charge >= 0.3 is 0 Å². The Kier molecular flexibility index (Phi) is 2.35. The Morgan fingerprint density at radius 3 is 3.07 bits per heavy atom. The third kappa shape index (κ3) is 2.03. The van der Waals surface area contributed by atoms with Gasteiger partial charge in [-0.3, -0.25) is 4.68 Å². The van der Waals surface area contributed by atoms with E-state index in [0.29, 0.717) is 6.54 Å². The van der Waals surface area contributed by atoms with Crippen LogP contribution in [0.15, 0.2) is 24.7 Å². The zero-order chi connectivity index (χ0) is 9.80. The molecule has 0 saturated heterocycles. The molecule has 2 aromatic heterocycles. The van der Waals surface area contributed by atoms with Crippen molar-refractivity contribution in [3.8, 4) is 0 Å². The minimum absolute atomic E-state index is 0.555. The Hall–Kier alpha value is -1.98. The lowest BCUT2D eigenvalue weighted by atomic mass is 10.5. The van der Waals surface area contributed by atoms with Gasteiger partial charge in [-0.25, -0.2) is 4.98 Å². The Morgan fingerprint density at radius 2 is 2.43 bits per heavy atom. The molecule has 0 aliphatic rings.